The summed E-state index contributed by atoms with van der Waals surface area (Å²) in [6, 6.07) is 0.497. The Kier molecular flexibility index (Phi) is 3.96. The lowest BCUT2D eigenvalue weighted by Crippen LogP contribution is -2.21. The van der Waals surface area contributed by atoms with Crippen LogP contribution < -0.4 is 5.32 Å². The Bertz CT molecular complexity index is 318. The smallest absolute Gasteiger partial charge is 0.123 e. The SMILES string of the molecule is CC(C)NCc1cn(COCC2CC2)cn1. The maximum atomic E-state index is 5.59. The molecular formula is C12H21N3O. The van der Waals surface area contributed by atoms with Gasteiger partial charge in [-0.05, 0) is 18.8 Å². The highest BCUT2D eigenvalue weighted by atomic mass is 16.5. The van der Waals surface area contributed by atoms with Crippen LogP contribution in [0.2, 0.25) is 0 Å². The Morgan fingerprint density at radius 3 is 3.06 bits per heavy atom. The van der Waals surface area contributed by atoms with Crippen LogP contribution in [0.3, 0.4) is 0 Å². The van der Waals surface area contributed by atoms with Crippen LogP contribution in [-0.4, -0.2) is 22.2 Å². The maximum absolute atomic E-state index is 5.59. The van der Waals surface area contributed by atoms with Gasteiger partial charge in [0, 0.05) is 18.8 Å². The number of hydrogen-bond acceptors (Lipinski definition) is 3. The van der Waals surface area contributed by atoms with Gasteiger partial charge < -0.3 is 14.6 Å². The molecule has 1 aliphatic carbocycles. The second-order valence-corrected chi connectivity index (χ2v) is 4.86. The fourth-order valence-corrected chi connectivity index (χ4v) is 1.49. The van der Waals surface area contributed by atoms with Gasteiger partial charge in [-0.25, -0.2) is 4.98 Å². The molecule has 0 aromatic carbocycles. The topological polar surface area (TPSA) is 39.1 Å². The number of nitrogens with one attached hydrogen (secondary N) is 1. The van der Waals surface area contributed by atoms with Crippen LogP contribution in [-0.2, 0) is 18.0 Å². The number of ether oxygens (including phenoxy) is 1. The lowest BCUT2D eigenvalue weighted by molar-refractivity contribution is 0.0689. The second-order valence-electron chi connectivity index (χ2n) is 4.86. The van der Waals surface area contributed by atoms with Gasteiger partial charge in [0.25, 0.3) is 0 Å². The van der Waals surface area contributed by atoms with E-state index in [0.29, 0.717) is 12.8 Å². The first-order valence-electron chi connectivity index (χ1n) is 6.06. The van der Waals surface area contributed by atoms with Crippen molar-refractivity contribution in [1.82, 2.24) is 14.9 Å². The summed E-state index contributed by atoms with van der Waals surface area (Å²) < 4.78 is 7.58. The molecule has 0 amide bonds. The summed E-state index contributed by atoms with van der Waals surface area (Å²) in [4.78, 5) is 4.32. The minimum Gasteiger partial charge on any atom is -0.360 e. The molecule has 0 saturated heterocycles. The highest BCUT2D eigenvalue weighted by Gasteiger charge is 2.20. The lowest BCUT2D eigenvalue weighted by Gasteiger charge is -2.05. The second kappa shape index (κ2) is 5.46. The average molecular weight is 223 g/mol. The molecule has 1 fully saturated rings. The van der Waals surface area contributed by atoms with Crippen molar-refractivity contribution in [2.24, 2.45) is 5.92 Å². The van der Waals surface area contributed by atoms with E-state index in [4.69, 9.17) is 4.74 Å². The number of hydrogen-bond donors (Lipinski definition) is 1. The van der Waals surface area contributed by atoms with E-state index in [-0.39, 0.29) is 0 Å². The van der Waals surface area contributed by atoms with E-state index in [1.54, 1.807) is 0 Å². The van der Waals surface area contributed by atoms with Crippen molar-refractivity contribution in [1.29, 1.82) is 0 Å². The summed E-state index contributed by atoms with van der Waals surface area (Å²) in [6.45, 7) is 6.63. The summed E-state index contributed by atoms with van der Waals surface area (Å²) in [5, 5.41) is 3.34. The predicted octanol–water partition coefficient (Wildman–Crippen LogP) is 1.77. The molecule has 0 bridgehead atoms. The Balaban J connectivity index is 1.68. The summed E-state index contributed by atoms with van der Waals surface area (Å²) in [5.41, 5.74) is 1.07. The maximum Gasteiger partial charge on any atom is 0.123 e. The quantitative estimate of drug-likeness (QED) is 0.765. The predicted molar refractivity (Wildman–Crippen MR) is 62.9 cm³/mol. The van der Waals surface area contributed by atoms with Crippen molar-refractivity contribution in [2.75, 3.05) is 6.61 Å². The monoisotopic (exact) mass is 223 g/mol. The molecule has 4 nitrogen and oxygen atoms in total. The minimum absolute atomic E-state index is 0.497. The van der Waals surface area contributed by atoms with Gasteiger partial charge in [-0.3, -0.25) is 0 Å². The largest absolute Gasteiger partial charge is 0.360 e. The molecule has 1 aromatic rings. The number of nitrogens with zero attached hydrogens (tertiary/aromatic N) is 2. The summed E-state index contributed by atoms with van der Waals surface area (Å²) in [6.07, 6.45) is 6.56. The summed E-state index contributed by atoms with van der Waals surface area (Å²) in [5.74, 6) is 0.825. The van der Waals surface area contributed by atoms with E-state index in [2.05, 4.69) is 24.1 Å². The Labute approximate surface area is 97.0 Å². The summed E-state index contributed by atoms with van der Waals surface area (Å²) in [7, 11) is 0. The van der Waals surface area contributed by atoms with E-state index in [1.165, 1.54) is 12.8 Å². The van der Waals surface area contributed by atoms with E-state index in [9.17, 15) is 0 Å². The zero-order valence-corrected chi connectivity index (χ0v) is 10.1. The molecule has 16 heavy (non-hydrogen) atoms. The first kappa shape index (κ1) is 11.6. The van der Waals surface area contributed by atoms with Crippen LogP contribution >= 0.6 is 0 Å². The molecule has 1 heterocycles. The van der Waals surface area contributed by atoms with Crippen LogP contribution in [0.5, 0.6) is 0 Å². The van der Waals surface area contributed by atoms with Crippen molar-refractivity contribution in [2.45, 2.75) is 46.0 Å². The molecule has 0 aliphatic heterocycles. The fraction of sp³-hybridized carbons (Fsp3) is 0.750. The van der Waals surface area contributed by atoms with E-state index in [0.717, 1.165) is 24.8 Å². The third-order valence-corrected chi connectivity index (χ3v) is 2.67. The van der Waals surface area contributed by atoms with Gasteiger partial charge in [0.15, 0.2) is 0 Å². The van der Waals surface area contributed by atoms with Crippen LogP contribution in [0.25, 0.3) is 0 Å². The summed E-state index contributed by atoms with van der Waals surface area (Å²) >= 11 is 0. The van der Waals surface area contributed by atoms with Gasteiger partial charge in [0.05, 0.1) is 18.6 Å². The molecule has 1 aliphatic rings. The van der Waals surface area contributed by atoms with Gasteiger partial charge in [-0.15, -0.1) is 0 Å². The van der Waals surface area contributed by atoms with E-state index >= 15 is 0 Å². The van der Waals surface area contributed by atoms with Crippen molar-refractivity contribution in [3.8, 4) is 0 Å². The third kappa shape index (κ3) is 3.94. The molecule has 1 saturated carbocycles. The van der Waals surface area contributed by atoms with Crippen molar-refractivity contribution < 1.29 is 4.74 Å². The van der Waals surface area contributed by atoms with Gasteiger partial charge >= 0.3 is 0 Å². The zero-order valence-electron chi connectivity index (χ0n) is 10.1. The van der Waals surface area contributed by atoms with E-state index < -0.39 is 0 Å². The Morgan fingerprint density at radius 2 is 2.38 bits per heavy atom. The minimum atomic E-state index is 0.497. The van der Waals surface area contributed by atoms with Gasteiger partial charge in [0.1, 0.15) is 6.73 Å². The average Bonchev–Trinajstić information content (AvgIpc) is 2.94. The van der Waals surface area contributed by atoms with Crippen molar-refractivity contribution in [3.05, 3.63) is 18.2 Å². The number of rotatable bonds is 7. The number of aromatic nitrogens is 2. The normalized spacial score (nSPS) is 15.9. The molecule has 0 unspecified atom stereocenters. The molecule has 0 atom stereocenters. The van der Waals surface area contributed by atoms with E-state index in [1.807, 2.05) is 17.1 Å². The van der Waals surface area contributed by atoms with Crippen LogP contribution in [0, 0.1) is 5.92 Å². The molecule has 90 valence electrons. The first-order chi connectivity index (χ1) is 7.74. The Hall–Kier alpha value is -0.870. The number of imidazole rings is 1. The molecule has 2 rings (SSSR count). The first-order valence-corrected chi connectivity index (χ1v) is 6.06. The molecule has 4 heteroatoms. The van der Waals surface area contributed by atoms with Crippen LogP contribution in [0.4, 0.5) is 0 Å². The van der Waals surface area contributed by atoms with Crippen molar-refractivity contribution >= 4 is 0 Å². The van der Waals surface area contributed by atoms with Crippen LogP contribution in [0.15, 0.2) is 12.5 Å². The Morgan fingerprint density at radius 1 is 1.56 bits per heavy atom. The molecular weight excluding hydrogens is 202 g/mol. The highest BCUT2D eigenvalue weighted by molar-refractivity contribution is 4.95. The fourth-order valence-electron chi connectivity index (χ4n) is 1.49. The molecule has 0 spiro atoms. The molecule has 1 N–H and O–H groups in total. The van der Waals surface area contributed by atoms with Gasteiger partial charge in [-0.1, -0.05) is 13.8 Å². The molecule has 0 radical (unpaired) electrons. The zero-order chi connectivity index (χ0) is 11.4. The standard InChI is InChI=1S/C12H21N3O/c1-10(2)13-5-12-6-15(8-14-12)9-16-7-11-3-4-11/h6,8,10-11,13H,3-5,7,9H2,1-2H3. The molecule has 1 aromatic heterocycles. The lowest BCUT2D eigenvalue weighted by atomic mass is 10.3. The highest BCUT2D eigenvalue weighted by Crippen LogP contribution is 2.28. The van der Waals surface area contributed by atoms with Gasteiger partial charge in [0.2, 0.25) is 0 Å². The van der Waals surface area contributed by atoms with Crippen LogP contribution in [0.1, 0.15) is 32.4 Å². The van der Waals surface area contributed by atoms with Crippen molar-refractivity contribution in [3.63, 3.8) is 0 Å². The van der Waals surface area contributed by atoms with Gasteiger partial charge in [-0.2, -0.15) is 0 Å². The third-order valence-electron chi connectivity index (χ3n) is 2.67.